The van der Waals surface area contributed by atoms with Gasteiger partial charge >= 0.3 is 5.97 Å². The van der Waals surface area contributed by atoms with Crippen molar-refractivity contribution in [3.05, 3.63) is 34.9 Å². The molecular formula is C21H26O7. The Morgan fingerprint density at radius 1 is 1.18 bits per heavy atom. The molecule has 0 spiro atoms. The lowest BCUT2D eigenvalue weighted by Gasteiger charge is -2.38. The van der Waals surface area contributed by atoms with Crippen LogP contribution >= 0.6 is 0 Å². The van der Waals surface area contributed by atoms with Crippen LogP contribution in [0.25, 0.3) is 0 Å². The van der Waals surface area contributed by atoms with E-state index in [1.54, 1.807) is 33.8 Å². The molecule has 0 bridgehead atoms. The number of fused-ring (bicyclic) bond motifs is 1. The highest BCUT2D eigenvalue weighted by Crippen LogP contribution is 2.42. The zero-order valence-electron chi connectivity index (χ0n) is 16.5. The molecule has 0 heterocycles. The number of carbonyl (C=O) groups excluding carboxylic acids is 3. The molecule has 7 heteroatoms. The van der Waals surface area contributed by atoms with Crippen molar-refractivity contribution in [2.75, 3.05) is 0 Å². The van der Waals surface area contributed by atoms with Gasteiger partial charge in [-0.25, -0.2) is 0 Å². The number of Topliss-reactive ketones (excluding diaryl/α,β-unsaturated/α-hetero) is 2. The number of aliphatic hydroxyl groups excluding tert-OH is 1. The topological polar surface area (TPSA) is 121 Å². The molecule has 28 heavy (non-hydrogen) atoms. The van der Waals surface area contributed by atoms with Crippen LogP contribution in [-0.2, 0) is 9.53 Å². The maximum absolute atomic E-state index is 13.3. The van der Waals surface area contributed by atoms with Crippen LogP contribution < -0.4 is 0 Å². The number of hydrogen-bond acceptors (Lipinski definition) is 7. The Bertz CT molecular complexity index is 833. The molecule has 152 valence electrons. The van der Waals surface area contributed by atoms with E-state index in [1.165, 1.54) is 0 Å². The SMILES string of the molecule is CC(C)=CC[C@@H](O)C1(OC(=O)CC(C)C)CC(=O)c2c(O)ccc(O)c2C1=O. The van der Waals surface area contributed by atoms with E-state index in [4.69, 9.17) is 4.74 Å². The van der Waals surface area contributed by atoms with Crippen LogP contribution in [0.15, 0.2) is 23.8 Å². The Morgan fingerprint density at radius 2 is 1.75 bits per heavy atom. The van der Waals surface area contributed by atoms with Crippen LogP contribution in [0, 0.1) is 5.92 Å². The fourth-order valence-corrected chi connectivity index (χ4v) is 3.25. The third kappa shape index (κ3) is 4.09. The fraction of sp³-hybridized carbons (Fsp3) is 0.476. The summed E-state index contributed by atoms with van der Waals surface area (Å²) < 4.78 is 5.44. The standard InChI is InChI=1S/C21H26O7/c1-11(2)5-8-16(25)21(28-17(26)9-12(3)4)10-15(24)18-13(22)6-7-14(23)19(18)20(21)27/h5-7,12,16,22-23,25H,8-10H2,1-4H3/t16-,21?/m1/s1. The summed E-state index contributed by atoms with van der Waals surface area (Å²) in [5.41, 5.74) is -2.05. The first kappa shape index (κ1) is 21.6. The van der Waals surface area contributed by atoms with Crippen LogP contribution in [0.5, 0.6) is 11.5 Å². The number of carbonyl (C=O) groups is 3. The van der Waals surface area contributed by atoms with Crippen molar-refractivity contribution in [1.29, 1.82) is 0 Å². The smallest absolute Gasteiger partial charge is 0.307 e. The summed E-state index contributed by atoms with van der Waals surface area (Å²) in [5.74, 6) is -3.36. The number of rotatable bonds is 6. The molecule has 1 unspecified atom stereocenters. The van der Waals surface area contributed by atoms with E-state index in [1.807, 2.05) is 0 Å². The van der Waals surface area contributed by atoms with Crippen LogP contribution in [0.3, 0.4) is 0 Å². The van der Waals surface area contributed by atoms with E-state index in [9.17, 15) is 29.7 Å². The summed E-state index contributed by atoms with van der Waals surface area (Å²) in [6.07, 6.45) is -0.469. The molecule has 2 atom stereocenters. The molecule has 0 aliphatic heterocycles. The molecule has 0 saturated carbocycles. The number of esters is 1. The van der Waals surface area contributed by atoms with Gasteiger partial charge in [-0.1, -0.05) is 25.5 Å². The van der Waals surface area contributed by atoms with Crippen molar-refractivity contribution >= 4 is 17.5 Å². The zero-order chi connectivity index (χ0) is 21.2. The Labute approximate surface area is 163 Å². The van der Waals surface area contributed by atoms with E-state index in [2.05, 4.69) is 0 Å². The minimum absolute atomic E-state index is 0.00252. The lowest BCUT2D eigenvalue weighted by Crippen LogP contribution is -2.56. The maximum atomic E-state index is 13.3. The van der Waals surface area contributed by atoms with Gasteiger partial charge in [0.15, 0.2) is 5.78 Å². The molecule has 0 fully saturated rings. The fourth-order valence-electron chi connectivity index (χ4n) is 3.25. The van der Waals surface area contributed by atoms with Gasteiger partial charge < -0.3 is 20.1 Å². The Kier molecular flexibility index (Phi) is 6.29. The van der Waals surface area contributed by atoms with Gasteiger partial charge in [0, 0.05) is 6.42 Å². The largest absolute Gasteiger partial charge is 0.507 e. The second kappa shape index (κ2) is 8.14. The number of phenolic OH excluding ortho intramolecular Hbond substituents is 2. The first-order valence-corrected chi connectivity index (χ1v) is 9.15. The monoisotopic (exact) mass is 390 g/mol. The van der Waals surface area contributed by atoms with Gasteiger partial charge in [0.05, 0.1) is 17.5 Å². The summed E-state index contributed by atoms with van der Waals surface area (Å²) in [4.78, 5) is 38.4. The molecule has 0 saturated heterocycles. The van der Waals surface area contributed by atoms with Gasteiger partial charge in [0.25, 0.3) is 0 Å². The van der Waals surface area contributed by atoms with Crippen LogP contribution in [0.2, 0.25) is 0 Å². The second-order valence-electron chi connectivity index (χ2n) is 7.78. The highest BCUT2D eigenvalue weighted by molar-refractivity contribution is 6.21. The quantitative estimate of drug-likeness (QED) is 0.388. The number of aromatic hydroxyl groups is 2. The number of phenols is 2. The van der Waals surface area contributed by atoms with Crippen molar-refractivity contribution in [2.45, 2.75) is 58.7 Å². The average molecular weight is 390 g/mol. The molecular weight excluding hydrogens is 364 g/mol. The van der Waals surface area contributed by atoms with E-state index in [0.29, 0.717) is 0 Å². The number of aliphatic hydroxyl groups is 1. The van der Waals surface area contributed by atoms with Crippen molar-refractivity contribution in [3.8, 4) is 11.5 Å². The van der Waals surface area contributed by atoms with Gasteiger partial charge in [-0.15, -0.1) is 0 Å². The predicted molar refractivity (Wildman–Crippen MR) is 101 cm³/mol. The molecule has 0 radical (unpaired) electrons. The molecule has 0 aromatic heterocycles. The van der Waals surface area contributed by atoms with Gasteiger partial charge in [0.2, 0.25) is 11.4 Å². The number of ether oxygens (including phenoxy) is 1. The first-order valence-electron chi connectivity index (χ1n) is 9.15. The Hall–Kier alpha value is -2.67. The lowest BCUT2D eigenvalue weighted by molar-refractivity contribution is -0.166. The minimum Gasteiger partial charge on any atom is -0.507 e. The molecule has 2 rings (SSSR count). The normalized spacial score (nSPS) is 19.9. The average Bonchev–Trinajstić information content (AvgIpc) is 2.58. The highest BCUT2D eigenvalue weighted by Gasteiger charge is 2.55. The second-order valence-corrected chi connectivity index (χ2v) is 7.78. The zero-order valence-corrected chi connectivity index (χ0v) is 16.5. The van der Waals surface area contributed by atoms with Crippen LogP contribution in [0.1, 0.15) is 67.7 Å². The van der Waals surface area contributed by atoms with Crippen molar-refractivity contribution < 1.29 is 34.4 Å². The van der Waals surface area contributed by atoms with Crippen molar-refractivity contribution in [2.24, 2.45) is 5.92 Å². The van der Waals surface area contributed by atoms with Crippen molar-refractivity contribution in [1.82, 2.24) is 0 Å². The summed E-state index contributed by atoms with van der Waals surface area (Å²) in [5, 5.41) is 30.9. The predicted octanol–water partition coefficient (Wildman–Crippen LogP) is 2.91. The van der Waals surface area contributed by atoms with Crippen LogP contribution in [-0.4, -0.2) is 44.6 Å². The van der Waals surface area contributed by atoms with E-state index in [-0.39, 0.29) is 24.3 Å². The van der Waals surface area contributed by atoms with E-state index < -0.39 is 52.7 Å². The van der Waals surface area contributed by atoms with Gasteiger partial charge in [-0.05, 0) is 38.3 Å². The van der Waals surface area contributed by atoms with Gasteiger partial charge in [-0.2, -0.15) is 0 Å². The summed E-state index contributed by atoms with van der Waals surface area (Å²) in [6, 6.07) is 2.19. The lowest BCUT2D eigenvalue weighted by atomic mass is 9.73. The summed E-state index contributed by atoms with van der Waals surface area (Å²) in [7, 11) is 0. The molecule has 1 aliphatic carbocycles. The van der Waals surface area contributed by atoms with Crippen LogP contribution in [0.4, 0.5) is 0 Å². The summed E-state index contributed by atoms with van der Waals surface area (Å²) >= 11 is 0. The Balaban J connectivity index is 2.59. The number of benzene rings is 1. The van der Waals surface area contributed by atoms with E-state index in [0.717, 1.165) is 17.7 Å². The van der Waals surface area contributed by atoms with E-state index >= 15 is 0 Å². The number of hydrogen-bond donors (Lipinski definition) is 3. The molecule has 1 aromatic carbocycles. The van der Waals surface area contributed by atoms with Crippen molar-refractivity contribution in [3.63, 3.8) is 0 Å². The molecule has 7 nitrogen and oxygen atoms in total. The molecule has 3 N–H and O–H groups in total. The maximum Gasteiger partial charge on any atom is 0.307 e. The van der Waals surface area contributed by atoms with Gasteiger partial charge in [0.1, 0.15) is 17.6 Å². The third-order valence-corrected chi connectivity index (χ3v) is 4.63. The highest BCUT2D eigenvalue weighted by atomic mass is 16.6. The first-order chi connectivity index (χ1) is 13.0. The third-order valence-electron chi connectivity index (χ3n) is 4.63. The number of allylic oxidation sites excluding steroid dienone is 1. The molecule has 1 aliphatic rings. The van der Waals surface area contributed by atoms with Gasteiger partial charge in [-0.3, -0.25) is 14.4 Å². The minimum atomic E-state index is -2.16. The number of ketones is 2. The summed E-state index contributed by atoms with van der Waals surface area (Å²) in [6.45, 7) is 7.19. The Morgan fingerprint density at radius 3 is 2.29 bits per heavy atom. The molecule has 1 aromatic rings. The molecule has 0 amide bonds.